The first-order chi connectivity index (χ1) is 11.7. The van der Waals surface area contributed by atoms with E-state index >= 15 is 0 Å². The van der Waals surface area contributed by atoms with Gasteiger partial charge in [-0.3, -0.25) is 10.1 Å². The first-order valence-electron chi connectivity index (χ1n) is 7.21. The number of fused-ring (bicyclic) bond motifs is 2. The lowest BCUT2D eigenvalue weighted by Crippen LogP contribution is -2.14. The molecule has 4 rings (SSSR count). The summed E-state index contributed by atoms with van der Waals surface area (Å²) in [5, 5.41) is 12.2. The number of carbonyl (C=O) groups is 1. The smallest absolute Gasteiger partial charge is 0.277 e. The molecule has 0 aliphatic heterocycles. The second-order valence-corrected chi connectivity index (χ2v) is 6.13. The second-order valence-electron chi connectivity index (χ2n) is 5.10. The molecule has 0 saturated heterocycles. The van der Waals surface area contributed by atoms with Gasteiger partial charge in [-0.05, 0) is 30.3 Å². The number of thiazole rings is 1. The van der Waals surface area contributed by atoms with Gasteiger partial charge in [0.05, 0.1) is 22.8 Å². The Labute approximate surface area is 141 Å². The SMILES string of the molecule is COc1ccc2nc(NC(=O)c3cc4ccccc4nn3)sc2c1. The molecule has 1 amide bonds. The van der Waals surface area contributed by atoms with Gasteiger partial charge in [0.25, 0.3) is 5.91 Å². The van der Waals surface area contributed by atoms with Gasteiger partial charge < -0.3 is 4.74 Å². The van der Waals surface area contributed by atoms with Gasteiger partial charge in [-0.25, -0.2) is 4.98 Å². The third kappa shape index (κ3) is 2.65. The largest absolute Gasteiger partial charge is 0.497 e. The van der Waals surface area contributed by atoms with Crippen molar-refractivity contribution in [3.63, 3.8) is 0 Å². The first kappa shape index (κ1) is 14.5. The van der Waals surface area contributed by atoms with Crippen LogP contribution in [0.5, 0.6) is 5.75 Å². The zero-order valence-corrected chi connectivity index (χ0v) is 13.5. The maximum absolute atomic E-state index is 12.4. The molecule has 0 bridgehead atoms. The molecule has 2 aromatic carbocycles. The standard InChI is InChI=1S/C17H12N4O2S/c1-23-11-6-7-13-15(9-11)24-17(18-13)19-16(22)14-8-10-4-2-3-5-12(10)20-21-14/h2-9H,1H3,(H,18,19,22). The number of benzene rings is 2. The molecule has 2 aromatic heterocycles. The minimum Gasteiger partial charge on any atom is -0.497 e. The molecule has 7 heteroatoms. The van der Waals surface area contributed by atoms with Gasteiger partial charge in [-0.2, -0.15) is 0 Å². The number of carbonyl (C=O) groups excluding carboxylic acids is 1. The molecular weight excluding hydrogens is 324 g/mol. The summed E-state index contributed by atoms with van der Waals surface area (Å²) in [7, 11) is 1.61. The normalized spacial score (nSPS) is 10.9. The molecule has 2 heterocycles. The van der Waals surface area contributed by atoms with Gasteiger partial charge in [0.15, 0.2) is 10.8 Å². The highest BCUT2D eigenvalue weighted by Crippen LogP contribution is 2.29. The fourth-order valence-electron chi connectivity index (χ4n) is 2.34. The van der Waals surface area contributed by atoms with Crippen LogP contribution >= 0.6 is 11.3 Å². The number of nitrogens with one attached hydrogen (secondary N) is 1. The number of hydrogen-bond donors (Lipinski definition) is 1. The fraction of sp³-hybridized carbons (Fsp3) is 0.0588. The molecule has 4 aromatic rings. The van der Waals surface area contributed by atoms with Gasteiger partial charge in [-0.15, -0.1) is 10.2 Å². The van der Waals surface area contributed by atoms with E-state index in [1.807, 2.05) is 42.5 Å². The molecule has 0 spiro atoms. The molecular formula is C17H12N4O2S. The summed E-state index contributed by atoms with van der Waals surface area (Å²) in [6, 6.07) is 14.8. The molecule has 0 aliphatic carbocycles. The van der Waals surface area contributed by atoms with Crippen molar-refractivity contribution in [2.24, 2.45) is 0 Å². The zero-order chi connectivity index (χ0) is 16.5. The molecule has 0 aliphatic rings. The average molecular weight is 336 g/mol. The Morgan fingerprint density at radius 3 is 2.83 bits per heavy atom. The Hall–Kier alpha value is -3.06. The first-order valence-corrected chi connectivity index (χ1v) is 8.03. The van der Waals surface area contributed by atoms with Crippen molar-refractivity contribution in [2.45, 2.75) is 0 Å². The van der Waals surface area contributed by atoms with Gasteiger partial charge >= 0.3 is 0 Å². The van der Waals surface area contributed by atoms with Crippen LogP contribution in [0.1, 0.15) is 10.5 Å². The Morgan fingerprint density at radius 2 is 1.96 bits per heavy atom. The number of methoxy groups -OCH3 is 1. The summed E-state index contributed by atoms with van der Waals surface area (Å²) in [5.74, 6) is 0.420. The van der Waals surface area contributed by atoms with Crippen molar-refractivity contribution < 1.29 is 9.53 Å². The van der Waals surface area contributed by atoms with E-state index < -0.39 is 0 Å². The highest BCUT2D eigenvalue weighted by Gasteiger charge is 2.13. The summed E-state index contributed by atoms with van der Waals surface area (Å²) in [6.07, 6.45) is 0. The van der Waals surface area contributed by atoms with Gasteiger partial charge in [0, 0.05) is 5.39 Å². The summed E-state index contributed by atoms with van der Waals surface area (Å²) in [5.41, 5.74) is 1.81. The van der Waals surface area contributed by atoms with Crippen molar-refractivity contribution >= 4 is 43.5 Å². The molecule has 118 valence electrons. The van der Waals surface area contributed by atoms with Gasteiger partial charge in [-0.1, -0.05) is 29.5 Å². The molecule has 1 N–H and O–H groups in total. The third-order valence-corrected chi connectivity index (χ3v) is 4.48. The maximum atomic E-state index is 12.4. The van der Waals surface area contributed by atoms with Crippen LogP contribution in [0, 0.1) is 0 Å². The summed E-state index contributed by atoms with van der Waals surface area (Å²) < 4.78 is 6.14. The lowest BCUT2D eigenvalue weighted by molar-refractivity contribution is 0.102. The van der Waals surface area contributed by atoms with Crippen molar-refractivity contribution in [3.05, 3.63) is 54.2 Å². The van der Waals surface area contributed by atoms with Crippen LogP contribution in [0.2, 0.25) is 0 Å². The number of nitrogens with zero attached hydrogens (tertiary/aromatic N) is 3. The molecule has 6 nitrogen and oxygen atoms in total. The molecule has 0 saturated carbocycles. The number of anilines is 1. The monoisotopic (exact) mass is 336 g/mol. The van der Waals surface area contributed by atoms with Gasteiger partial charge in [0.2, 0.25) is 0 Å². The van der Waals surface area contributed by atoms with Crippen molar-refractivity contribution in [2.75, 3.05) is 12.4 Å². The van der Waals surface area contributed by atoms with Crippen molar-refractivity contribution in [1.82, 2.24) is 15.2 Å². The number of amides is 1. The minimum atomic E-state index is -0.334. The summed E-state index contributed by atoms with van der Waals surface area (Å²) in [6.45, 7) is 0. The zero-order valence-electron chi connectivity index (χ0n) is 12.7. The predicted octanol–water partition coefficient (Wildman–Crippen LogP) is 3.50. The fourth-order valence-corrected chi connectivity index (χ4v) is 3.23. The van der Waals surface area contributed by atoms with Crippen LogP contribution in [-0.4, -0.2) is 28.2 Å². The quantitative estimate of drug-likeness (QED) is 0.619. The van der Waals surface area contributed by atoms with E-state index in [4.69, 9.17) is 4.74 Å². The van der Waals surface area contributed by atoms with E-state index in [-0.39, 0.29) is 11.6 Å². The molecule has 0 atom stereocenters. The average Bonchev–Trinajstić information content (AvgIpc) is 3.02. The number of ether oxygens (including phenoxy) is 1. The third-order valence-electron chi connectivity index (χ3n) is 3.54. The van der Waals surface area contributed by atoms with Crippen LogP contribution in [0.3, 0.4) is 0 Å². The molecule has 24 heavy (non-hydrogen) atoms. The summed E-state index contributed by atoms with van der Waals surface area (Å²) in [4.78, 5) is 16.8. The van der Waals surface area contributed by atoms with Crippen LogP contribution in [0.15, 0.2) is 48.5 Å². The lowest BCUT2D eigenvalue weighted by Gasteiger charge is -2.01. The Morgan fingerprint density at radius 1 is 1.08 bits per heavy atom. The maximum Gasteiger partial charge on any atom is 0.277 e. The topological polar surface area (TPSA) is 77.0 Å². The van der Waals surface area contributed by atoms with E-state index in [9.17, 15) is 4.79 Å². The highest BCUT2D eigenvalue weighted by molar-refractivity contribution is 7.22. The minimum absolute atomic E-state index is 0.255. The van der Waals surface area contributed by atoms with E-state index in [0.29, 0.717) is 5.13 Å². The van der Waals surface area contributed by atoms with Crippen LogP contribution < -0.4 is 10.1 Å². The molecule has 0 radical (unpaired) electrons. The summed E-state index contributed by atoms with van der Waals surface area (Å²) >= 11 is 1.38. The molecule has 0 unspecified atom stereocenters. The van der Waals surface area contributed by atoms with E-state index in [0.717, 1.165) is 26.9 Å². The van der Waals surface area contributed by atoms with Crippen molar-refractivity contribution in [3.8, 4) is 5.75 Å². The Balaban J connectivity index is 1.62. The van der Waals surface area contributed by atoms with Crippen molar-refractivity contribution in [1.29, 1.82) is 0 Å². The van der Waals surface area contributed by atoms with E-state index in [2.05, 4.69) is 20.5 Å². The van der Waals surface area contributed by atoms with E-state index in [1.165, 1.54) is 11.3 Å². The number of rotatable bonds is 3. The molecule has 0 fully saturated rings. The van der Waals surface area contributed by atoms with Gasteiger partial charge in [0.1, 0.15) is 5.75 Å². The van der Waals surface area contributed by atoms with Crippen LogP contribution in [0.4, 0.5) is 5.13 Å². The van der Waals surface area contributed by atoms with E-state index in [1.54, 1.807) is 13.2 Å². The second kappa shape index (κ2) is 5.86. The van der Waals surface area contributed by atoms with Crippen LogP contribution in [-0.2, 0) is 0 Å². The Bertz CT molecular complexity index is 1060. The lowest BCUT2D eigenvalue weighted by atomic mass is 10.2. The highest BCUT2D eigenvalue weighted by atomic mass is 32.1. The number of aromatic nitrogens is 3. The predicted molar refractivity (Wildman–Crippen MR) is 93.7 cm³/mol. The van der Waals surface area contributed by atoms with Crippen LogP contribution in [0.25, 0.3) is 21.1 Å². The Kier molecular flexibility index (Phi) is 3.55. The number of hydrogen-bond acceptors (Lipinski definition) is 6.